The molecule has 0 spiro atoms. The Kier molecular flexibility index (Phi) is 9.37. The molecule has 3 heterocycles. The van der Waals surface area contributed by atoms with E-state index in [1.165, 1.54) is 5.39 Å². The molecule has 1 N–H and O–H groups in total. The molecule has 0 unspecified atom stereocenters. The number of aromatic hydroxyl groups is 1. The van der Waals surface area contributed by atoms with Gasteiger partial charge in [0.2, 0.25) is 0 Å². The molecule has 0 radical (unpaired) electrons. The van der Waals surface area contributed by atoms with Crippen molar-refractivity contribution in [3.8, 4) is 67.5 Å². The van der Waals surface area contributed by atoms with Gasteiger partial charge in [-0.2, -0.15) is 0 Å². The number of rotatable bonds is 6. The smallest absolute Gasteiger partial charge is 0.153 e. The molecule has 0 saturated carbocycles. The van der Waals surface area contributed by atoms with Gasteiger partial charge in [-0.15, -0.1) is 0 Å². The van der Waals surface area contributed by atoms with E-state index >= 15 is 0 Å². The summed E-state index contributed by atoms with van der Waals surface area (Å²) in [5.41, 5.74) is 14.7. The van der Waals surface area contributed by atoms with Crippen LogP contribution in [0.3, 0.4) is 0 Å². The van der Waals surface area contributed by atoms with Crippen LogP contribution in [0.5, 0.6) is 5.75 Å². The van der Waals surface area contributed by atoms with Crippen LogP contribution in [-0.4, -0.2) is 19.6 Å². The molecule has 8 aromatic carbocycles. The number of imidazole rings is 1. The zero-order valence-electron chi connectivity index (χ0n) is 37.5. The SMILES string of the molecule is CC(C)(C)c1cc(-c2nc3c(-c4cc(-c5ccccc5)cc(-c5cc6c(cn5)oc5ccc7ccccc7c56)c4)cccc3n2-c2ccccc2-c2ccccc2)c(O)c(C(C)(C)C)c1. The average Bonchev–Trinajstić information content (AvgIpc) is 3.90. The summed E-state index contributed by atoms with van der Waals surface area (Å²) in [5.74, 6) is 0.922. The Balaban J connectivity index is 1.20. The molecule has 65 heavy (non-hydrogen) atoms. The Bertz CT molecular complexity index is 3620. The lowest BCUT2D eigenvalue weighted by Gasteiger charge is -2.27. The van der Waals surface area contributed by atoms with Crippen LogP contribution in [-0.2, 0) is 10.8 Å². The van der Waals surface area contributed by atoms with E-state index in [2.05, 4.69) is 216 Å². The summed E-state index contributed by atoms with van der Waals surface area (Å²) in [6.07, 6.45) is 1.86. The molecular weight excluding hydrogens is 795 g/mol. The van der Waals surface area contributed by atoms with Crippen LogP contribution in [0.2, 0.25) is 0 Å². The van der Waals surface area contributed by atoms with Crippen molar-refractivity contribution in [2.45, 2.75) is 52.4 Å². The maximum Gasteiger partial charge on any atom is 0.153 e. The van der Waals surface area contributed by atoms with E-state index in [9.17, 15) is 5.11 Å². The van der Waals surface area contributed by atoms with Gasteiger partial charge >= 0.3 is 0 Å². The number of benzene rings is 8. The second-order valence-corrected chi connectivity index (χ2v) is 19.2. The van der Waals surface area contributed by atoms with Gasteiger partial charge in [-0.05, 0) is 98.0 Å². The van der Waals surface area contributed by atoms with Gasteiger partial charge in [-0.1, -0.05) is 169 Å². The first-order valence-corrected chi connectivity index (χ1v) is 22.4. The number of aromatic nitrogens is 3. The average molecular weight is 844 g/mol. The highest BCUT2D eigenvalue weighted by molar-refractivity contribution is 6.19. The number of fused-ring (bicyclic) bond motifs is 6. The minimum atomic E-state index is -0.328. The zero-order valence-corrected chi connectivity index (χ0v) is 37.5. The van der Waals surface area contributed by atoms with Gasteiger partial charge in [-0.25, -0.2) is 4.98 Å². The highest BCUT2D eigenvalue weighted by atomic mass is 16.3. The van der Waals surface area contributed by atoms with Crippen LogP contribution in [0.25, 0.3) is 105 Å². The summed E-state index contributed by atoms with van der Waals surface area (Å²) >= 11 is 0. The van der Waals surface area contributed by atoms with Crippen molar-refractivity contribution in [1.82, 2.24) is 14.5 Å². The van der Waals surface area contributed by atoms with Gasteiger partial charge in [-0.3, -0.25) is 9.55 Å². The Morgan fingerprint density at radius 2 is 1.18 bits per heavy atom. The summed E-state index contributed by atoms with van der Waals surface area (Å²) in [7, 11) is 0. The van der Waals surface area contributed by atoms with Crippen molar-refractivity contribution in [3.63, 3.8) is 0 Å². The van der Waals surface area contributed by atoms with Gasteiger partial charge in [0.05, 0.1) is 34.2 Å². The van der Waals surface area contributed by atoms with Crippen molar-refractivity contribution < 1.29 is 9.52 Å². The van der Waals surface area contributed by atoms with Crippen LogP contribution in [0.15, 0.2) is 187 Å². The van der Waals surface area contributed by atoms with Crippen LogP contribution in [0.1, 0.15) is 52.7 Å². The molecular formula is C60H49N3O2. The molecule has 0 saturated heterocycles. The molecule has 0 fully saturated rings. The molecule has 316 valence electrons. The number of hydrogen-bond acceptors (Lipinski definition) is 4. The van der Waals surface area contributed by atoms with Crippen molar-refractivity contribution >= 4 is 43.7 Å². The second-order valence-electron chi connectivity index (χ2n) is 19.2. The minimum Gasteiger partial charge on any atom is -0.507 e. The summed E-state index contributed by atoms with van der Waals surface area (Å²) in [5, 5.41) is 16.9. The minimum absolute atomic E-state index is 0.187. The molecule has 0 atom stereocenters. The number of pyridine rings is 1. The molecule has 0 aliphatic heterocycles. The third-order valence-corrected chi connectivity index (χ3v) is 12.8. The fourth-order valence-electron chi connectivity index (χ4n) is 9.44. The van der Waals surface area contributed by atoms with Crippen molar-refractivity contribution in [2.75, 3.05) is 0 Å². The van der Waals surface area contributed by atoms with E-state index in [4.69, 9.17) is 14.4 Å². The molecule has 0 bridgehead atoms. The lowest BCUT2D eigenvalue weighted by Crippen LogP contribution is -2.17. The van der Waals surface area contributed by atoms with Gasteiger partial charge in [0.25, 0.3) is 0 Å². The molecule has 5 heteroatoms. The Morgan fingerprint density at radius 1 is 0.508 bits per heavy atom. The number of nitrogens with zero attached hydrogens (tertiary/aromatic N) is 3. The highest BCUT2D eigenvalue weighted by Crippen LogP contribution is 2.46. The molecule has 11 aromatic rings. The summed E-state index contributed by atoms with van der Waals surface area (Å²) in [4.78, 5) is 10.7. The molecule has 3 aromatic heterocycles. The van der Waals surface area contributed by atoms with Gasteiger partial charge < -0.3 is 9.52 Å². The van der Waals surface area contributed by atoms with Gasteiger partial charge in [0.1, 0.15) is 17.2 Å². The van der Waals surface area contributed by atoms with Crippen LogP contribution < -0.4 is 0 Å². The molecule has 0 aliphatic rings. The maximum atomic E-state index is 12.5. The number of furan rings is 1. The summed E-state index contributed by atoms with van der Waals surface area (Å²) < 4.78 is 8.63. The summed E-state index contributed by atoms with van der Waals surface area (Å²) in [6.45, 7) is 13.1. The van der Waals surface area contributed by atoms with Crippen molar-refractivity contribution in [2.24, 2.45) is 0 Å². The third kappa shape index (κ3) is 6.95. The quantitative estimate of drug-likeness (QED) is 0.181. The molecule has 11 rings (SSSR count). The first-order valence-electron chi connectivity index (χ1n) is 22.4. The highest BCUT2D eigenvalue weighted by Gasteiger charge is 2.29. The lowest BCUT2D eigenvalue weighted by atomic mass is 9.79. The second kappa shape index (κ2) is 15.2. The topological polar surface area (TPSA) is 64.1 Å². The van der Waals surface area contributed by atoms with Crippen molar-refractivity contribution in [1.29, 1.82) is 0 Å². The van der Waals surface area contributed by atoms with Crippen LogP contribution >= 0.6 is 0 Å². The summed E-state index contributed by atoms with van der Waals surface area (Å²) in [6, 6.07) is 61.8. The molecule has 0 amide bonds. The number of phenols is 1. The number of hydrogen-bond donors (Lipinski definition) is 1. The standard InChI is InChI=1S/C60H49N3O2/c1-59(2,3)43-33-48(57(64)49(34-43)60(4,5)6)58-62-56-46(25-17-27-52(56)63(58)51-26-16-15-23-44(51)38-20-11-8-12-21-38)41-30-40(37-18-9-7-10-19-37)31-42(32-41)50-35-47-54(36-61-50)65-53-29-28-39-22-13-14-24-45(39)55(47)53/h7-36,64H,1-6H3. The predicted octanol–water partition coefficient (Wildman–Crippen LogP) is 16.1. The maximum absolute atomic E-state index is 12.5. The number of phenolic OH excluding ortho intramolecular Hbond substituents is 1. The van der Waals surface area contributed by atoms with Crippen molar-refractivity contribution in [3.05, 3.63) is 193 Å². The Morgan fingerprint density at radius 3 is 1.95 bits per heavy atom. The Hall–Kier alpha value is -7.76. The fraction of sp³-hybridized carbons (Fsp3) is 0.133. The first-order chi connectivity index (χ1) is 31.4. The van der Waals surface area contributed by atoms with E-state index in [1.807, 2.05) is 12.3 Å². The first kappa shape index (κ1) is 40.0. The molecule has 5 nitrogen and oxygen atoms in total. The van der Waals surface area contributed by atoms with Gasteiger partial charge in [0.15, 0.2) is 5.58 Å². The molecule has 0 aliphatic carbocycles. The van der Waals surface area contributed by atoms with Crippen LogP contribution in [0, 0.1) is 0 Å². The Labute approximate surface area is 379 Å². The largest absolute Gasteiger partial charge is 0.507 e. The van der Waals surface area contributed by atoms with E-state index < -0.39 is 0 Å². The van der Waals surface area contributed by atoms with E-state index in [0.717, 1.165) is 99.8 Å². The lowest BCUT2D eigenvalue weighted by molar-refractivity contribution is 0.446. The third-order valence-electron chi connectivity index (χ3n) is 12.8. The van der Waals surface area contributed by atoms with Gasteiger partial charge in [0, 0.05) is 33.0 Å². The van der Waals surface area contributed by atoms with E-state index in [-0.39, 0.29) is 16.6 Å². The van der Waals surface area contributed by atoms with E-state index in [1.54, 1.807) is 0 Å². The van der Waals surface area contributed by atoms with E-state index in [0.29, 0.717) is 11.4 Å². The monoisotopic (exact) mass is 843 g/mol. The predicted molar refractivity (Wildman–Crippen MR) is 270 cm³/mol. The fourth-order valence-corrected chi connectivity index (χ4v) is 9.44. The zero-order chi connectivity index (χ0) is 44.6. The number of para-hydroxylation sites is 2. The van der Waals surface area contributed by atoms with Crippen LogP contribution in [0.4, 0.5) is 0 Å². The normalized spacial score (nSPS) is 12.2.